The van der Waals surface area contributed by atoms with Gasteiger partial charge in [-0.2, -0.15) is 0 Å². The van der Waals surface area contributed by atoms with Crippen LogP contribution in [0.15, 0.2) is 24.3 Å². The molecule has 114 valence electrons. The normalized spacial score (nSPS) is 11.7. The summed E-state index contributed by atoms with van der Waals surface area (Å²) in [6, 6.07) is 6.04. The van der Waals surface area contributed by atoms with E-state index < -0.39 is 11.9 Å². The molecule has 6 nitrogen and oxygen atoms in total. The number of amides is 2. The van der Waals surface area contributed by atoms with Gasteiger partial charge in [0.15, 0.2) is 5.78 Å². The summed E-state index contributed by atoms with van der Waals surface area (Å²) in [5.41, 5.74) is 11.3. The van der Waals surface area contributed by atoms with E-state index in [1.807, 2.05) is 0 Å². The number of Topliss-reactive ketones (excluding diaryl/α,β-unsaturated/α-hetero) is 1. The highest BCUT2D eigenvalue weighted by molar-refractivity contribution is 6.07. The molecule has 0 saturated carbocycles. The largest absolute Gasteiger partial charge is 0.368 e. The van der Waals surface area contributed by atoms with Gasteiger partial charge in [-0.25, -0.2) is 0 Å². The van der Waals surface area contributed by atoms with Crippen molar-refractivity contribution in [3.05, 3.63) is 35.4 Å². The smallest absolute Gasteiger partial charge is 0.252 e. The molecule has 1 aromatic carbocycles. The van der Waals surface area contributed by atoms with Crippen molar-refractivity contribution in [2.75, 3.05) is 6.54 Å². The standard InChI is InChI=1S/C15H21N3O3/c1-10(19)11-6-2-3-7-12(11)15(21)18-9-5-4-8-13(16)14(17)20/h2-3,6-7,13H,4-5,8-9,16H2,1H3,(H2,17,20)(H,18,21)/t13-/m0/s1. The van der Waals surface area contributed by atoms with Crippen molar-refractivity contribution in [1.82, 2.24) is 5.32 Å². The Morgan fingerprint density at radius 1 is 1.14 bits per heavy atom. The molecule has 5 N–H and O–H groups in total. The second-order valence-corrected chi connectivity index (χ2v) is 4.86. The van der Waals surface area contributed by atoms with Gasteiger partial charge in [0.2, 0.25) is 5.91 Å². The molecule has 0 unspecified atom stereocenters. The van der Waals surface area contributed by atoms with Gasteiger partial charge < -0.3 is 16.8 Å². The average molecular weight is 291 g/mol. The summed E-state index contributed by atoms with van der Waals surface area (Å²) in [4.78, 5) is 34.2. The predicted molar refractivity (Wildman–Crippen MR) is 79.8 cm³/mol. The van der Waals surface area contributed by atoms with E-state index in [0.29, 0.717) is 36.9 Å². The van der Waals surface area contributed by atoms with Crippen LogP contribution in [-0.2, 0) is 4.79 Å². The number of benzene rings is 1. The fourth-order valence-corrected chi connectivity index (χ4v) is 1.92. The number of carbonyl (C=O) groups excluding carboxylic acids is 3. The molecule has 0 spiro atoms. The van der Waals surface area contributed by atoms with Gasteiger partial charge in [-0.15, -0.1) is 0 Å². The molecule has 0 fully saturated rings. The van der Waals surface area contributed by atoms with E-state index >= 15 is 0 Å². The monoisotopic (exact) mass is 291 g/mol. The fourth-order valence-electron chi connectivity index (χ4n) is 1.92. The molecule has 0 radical (unpaired) electrons. The van der Waals surface area contributed by atoms with Gasteiger partial charge in [-0.1, -0.05) is 18.2 Å². The van der Waals surface area contributed by atoms with Crippen LogP contribution in [0.2, 0.25) is 0 Å². The van der Waals surface area contributed by atoms with Crippen LogP contribution in [0, 0.1) is 0 Å². The first kappa shape index (κ1) is 16.8. The first-order valence-corrected chi connectivity index (χ1v) is 6.86. The second-order valence-electron chi connectivity index (χ2n) is 4.86. The maximum atomic E-state index is 12.0. The number of unbranched alkanes of at least 4 members (excludes halogenated alkanes) is 1. The van der Waals surface area contributed by atoms with Crippen LogP contribution in [-0.4, -0.2) is 30.2 Å². The van der Waals surface area contributed by atoms with Crippen molar-refractivity contribution in [3.8, 4) is 0 Å². The van der Waals surface area contributed by atoms with Crippen LogP contribution in [0.5, 0.6) is 0 Å². The highest BCUT2D eigenvalue weighted by Gasteiger charge is 2.13. The SMILES string of the molecule is CC(=O)c1ccccc1C(=O)NCCCC[C@H](N)C(N)=O. The Labute approximate surface area is 123 Å². The zero-order valence-corrected chi connectivity index (χ0v) is 12.1. The molecule has 2 amide bonds. The number of primary amides is 1. The van der Waals surface area contributed by atoms with Crippen molar-refractivity contribution in [1.29, 1.82) is 0 Å². The minimum Gasteiger partial charge on any atom is -0.368 e. The van der Waals surface area contributed by atoms with Crippen LogP contribution >= 0.6 is 0 Å². The molecule has 0 aromatic heterocycles. The molecular weight excluding hydrogens is 270 g/mol. The summed E-state index contributed by atoms with van der Waals surface area (Å²) >= 11 is 0. The molecule has 21 heavy (non-hydrogen) atoms. The molecule has 1 rings (SSSR count). The van der Waals surface area contributed by atoms with Crippen LogP contribution in [0.3, 0.4) is 0 Å². The maximum absolute atomic E-state index is 12.0. The van der Waals surface area contributed by atoms with Crippen molar-refractivity contribution in [3.63, 3.8) is 0 Å². The molecule has 1 aromatic rings. The molecule has 0 aliphatic heterocycles. The van der Waals surface area contributed by atoms with E-state index in [4.69, 9.17) is 11.5 Å². The lowest BCUT2D eigenvalue weighted by atomic mass is 10.0. The van der Waals surface area contributed by atoms with Gasteiger partial charge in [0.05, 0.1) is 11.6 Å². The molecule has 0 aliphatic carbocycles. The van der Waals surface area contributed by atoms with Gasteiger partial charge >= 0.3 is 0 Å². The minimum atomic E-state index is -0.640. The Morgan fingerprint density at radius 2 is 1.76 bits per heavy atom. The molecular formula is C15H21N3O3. The molecule has 0 bridgehead atoms. The zero-order chi connectivity index (χ0) is 15.8. The quantitative estimate of drug-likeness (QED) is 0.480. The van der Waals surface area contributed by atoms with Crippen molar-refractivity contribution < 1.29 is 14.4 Å². The number of nitrogens with one attached hydrogen (secondary N) is 1. The Balaban J connectivity index is 2.41. The van der Waals surface area contributed by atoms with Crippen LogP contribution < -0.4 is 16.8 Å². The minimum absolute atomic E-state index is 0.145. The van der Waals surface area contributed by atoms with Gasteiger partial charge in [0.25, 0.3) is 5.91 Å². The van der Waals surface area contributed by atoms with E-state index in [1.165, 1.54) is 6.92 Å². The Bertz CT molecular complexity index is 529. The van der Waals surface area contributed by atoms with Crippen LogP contribution in [0.1, 0.15) is 46.9 Å². The summed E-state index contributed by atoms with van der Waals surface area (Å²) in [7, 11) is 0. The third kappa shape index (κ3) is 5.35. The van der Waals surface area contributed by atoms with Crippen molar-refractivity contribution in [2.24, 2.45) is 11.5 Å². The lowest BCUT2D eigenvalue weighted by Gasteiger charge is -2.09. The van der Waals surface area contributed by atoms with Crippen LogP contribution in [0.25, 0.3) is 0 Å². The lowest BCUT2D eigenvalue weighted by molar-refractivity contribution is -0.119. The second kappa shape index (κ2) is 8.16. The zero-order valence-electron chi connectivity index (χ0n) is 12.1. The van der Waals surface area contributed by atoms with E-state index in [0.717, 1.165) is 0 Å². The highest BCUT2D eigenvalue weighted by Crippen LogP contribution is 2.09. The number of hydrogen-bond acceptors (Lipinski definition) is 4. The first-order valence-electron chi connectivity index (χ1n) is 6.86. The third-order valence-electron chi connectivity index (χ3n) is 3.14. The van der Waals surface area contributed by atoms with Gasteiger partial charge in [0, 0.05) is 12.1 Å². The predicted octanol–water partition coefficient (Wildman–Crippen LogP) is 0.602. The summed E-state index contributed by atoms with van der Waals surface area (Å²) in [6.45, 7) is 1.88. The summed E-state index contributed by atoms with van der Waals surface area (Å²) < 4.78 is 0. The molecule has 6 heteroatoms. The van der Waals surface area contributed by atoms with E-state index in [-0.39, 0.29) is 11.7 Å². The Hall–Kier alpha value is -2.21. The van der Waals surface area contributed by atoms with Crippen molar-refractivity contribution >= 4 is 17.6 Å². The fraction of sp³-hybridized carbons (Fsp3) is 0.400. The van der Waals surface area contributed by atoms with E-state index in [1.54, 1.807) is 24.3 Å². The summed E-state index contributed by atoms with van der Waals surface area (Å²) in [5, 5.41) is 2.75. The molecule has 1 atom stereocenters. The Kier molecular flexibility index (Phi) is 6.55. The number of carbonyl (C=O) groups is 3. The van der Waals surface area contributed by atoms with E-state index in [9.17, 15) is 14.4 Å². The molecule has 0 saturated heterocycles. The molecule has 0 heterocycles. The number of ketones is 1. The average Bonchev–Trinajstić information content (AvgIpc) is 2.46. The third-order valence-corrected chi connectivity index (χ3v) is 3.14. The van der Waals surface area contributed by atoms with Crippen LogP contribution in [0.4, 0.5) is 0 Å². The molecule has 0 aliphatic rings. The van der Waals surface area contributed by atoms with E-state index in [2.05, 4.69) is 5.32 Å². The number of hydrogen-bond donors (Lipinski definition) is 3. The Morgan fingerprint density at radius 3 is 2.33 bits per heavy atom. The van der Waals surface area contributed by atoms with Gasteiger partial charge in [-0.3, -0.25) is 14.4 Å². The number of rotatable bonds is 8. The summed E-state index contributed by atoms with van der Waals surface area (Å²) in [5.74, 6) is -0.942. The first-order chi connectivity index (χ1) is 9.93. The van der Waals surface area contributed by atoms with Crippen molar-refractivity contribution in [2.45, 2.75) is 32.2 Å². The lowest BCUT2D eigenvalue weighted by Crippen LogP contribution is -2.36. The maximum Gasteiger partial charge on any atom is 0.252 e. The van der Waals surface area contributed by atoms with Gasteiger partial charge in [-0.05, 0) is 32.3 Å². The topological polar surface area (TPSA) is 115 Å². The van der Waals surface area contributed by atoms with Gasteiger partial charge in [0.1, 0.15) is 0 Å². The summed E-state index contributed by atoms with van der Waals surface area (Å²) in [6.07, 6.45) is 1.88. The highest BCUT2D eigenvalue weighted by atomic mass is 16.2. The number of nitrogens with two attached hydrogens (primary N) is 2.